The van der Waals surface area contributed by atoms with E-state index in [0.29, 0.717) is 5.56 Å². The third kappa shape index (κ3) is 3.31. The van der Waals surface area contributed by atoms with Crippen LogP contribution >= 0.6 is 0 Å². The van der Waals surface area contributed by atoms with Gasteiger partial charge in [0.15, 0.2) is 0 Å². The van der Waals surface area contributed by atoms with Crippen LogP contribution in [0.5, 0.6) is 5.75 Å². The summed E-state index contributed by atoms with van der Waals surface area (Å²) < 4.78 is 10.8. The molecule has 18 heavy (non-hydrogen) atoms. The number of carbonyl (C=O) groups is 1. The highest BCUT2D eigenvalue weighted by molar-refractivity contribution is 5.75. The zero-order chi connectivity index (χ0) is 12.8. The van der Waals surface area contributed by atoms with Crippen molar-refractivity contribution in [2.45, 2.75) is 13.0 Å². The van der Waals surface area contributed by atoms with Crippen LogP contribution in [0.3, 0.4) is 0 Å². The first-order chi connectivity index (χ1) is 8.83. The Bertz CT molecular complexity index is 398. The van der Waals surface area contributed by atoms with Crippen molar-refractivity contribution >= 4 is 6.29 Å². The summed E-state index contributed by atoms with van der Waals surface area (Å²) >= 11 is 0. The molecule has 4 heteroatoms. The molecular formula is C14H19NO3. The van der Waals surface area contributed by atoms with Gasteiger partial charge in [-0.3, -0.25) is 9.69 Å². The summed E-state index contributed by atoms with van der Waals surface area (Å²) in [4.78, 5) is 13.2. The van der Waals surface area contributed by atoms with Crippen LogP contribution in [0.15, 0.2) is 18.2 Å². The van der Waals surface area contributed by atoms with Gasteiger partial charge in [-0.15, -0.1) is 0 Å². The van der Waals surface area contributed by atoms with Crippen LogP contribution in [-0.2, 0) is 11.3 Å². The molecule has 0 bridgehead atoms. The third-order valence-electron chi connectivity index (χ3n) is 3.15. The molecule has 2 rings (SSSR count). The number of hydrogen-bond acceptors (Lipinski definition) is 4. The molecule has 1 aromatic rings. The van der Waals surface area contributed by atoms with Crippen LogP contribution in [0.1, 0.15) is 22.3 Å². The first-order valence-corrected chi connectivity index (χ1v) is 6.25. The second kappa shape index (κ2) is 6.52. The quantitative estimate of drug-likeness (QED) is 0.762. The number of carbonyl (C=O) groups excluding carboxylic acids is 1. The molecule has 1 aliphatic heterocycles. The topological polar surface area (TPSA) is 38.8 Å². The summed E-state index contributed by atoms with van der Waals surface area (Å²) in [6, 6.07) is 5.53. The molecular weight excluding hydrogens is 230 g/mol. The van der Waals surface area contributed by atoms with Gasteiger partial charge in [0.1, 0.15) is 12.0 Å². The summed E-state index contributed by atoms with van der Waals surface area (Å²) in [5.41, 5.74) is 1.75. The van der Waals surface area contributed by atoms with E-state index < -0.39 is 0 Å². The number of benzene rings is 1. The summed E-state index contributed by atoms with van der Waals surface area (Å²) in [5, 5.41) is 0. The van der Waals surface area contributed by atoms with Crippen molar-refractivity contribution in [2.75, 3.05) is 33.4 Å². The third-order valence-corrected chi connectivity index (χ3v) is 3.15. The zero-order valence-corrected chi connectivity index (χ0v) is 10.7. The summed E-state index contributed by atoms with van der Waals surface area (Å²) in [5.74, 6) is 0.839. The Kier molecular flexibility index (Phi) is 4.73. The lowest BCUT2D eigenvalue weighted by Crippen LogP contribution is -2.26. The van der Waals surface area contributed by atoms with Gasteiger partial charge < -0.3 is 9.47 Å². The van der Waals surface area contributed by atoms with Crippen LogP contribution in [0.4, 0.5) is 0 Å². The molecule has 0 N–H and O–H groups in total. The second-order valence-electron chi connectivity index (χ2n) is 4.43. The maximum Gasteiger partial charge on any atom is 0.150 e. The van der Waals surface area contributed by atoms with Crippen LogP contribution in [-0.4, -0.2) is 44.6 Å². The predicted octanol–water partition coefficient (Wildman–Crippen LogP) is 1.73. The molecule has 0 saturated carbocycles. The SMILES string of the molecule is COc1ccc(C=O)cc1CN1CCCOCC1. The molecule has 0 amide bonds. The van der Waals surface area contributed by atoms with E-state index in [-0.39, 0.29) is 0 Å². The Balaban J connectivity index is 2.12. The fourth-order valence-corrected chi connectivity index (χ4v) is 2.19. The van der Waals surface area contributed by atoms with E-state index >= 15 is 0 Å². The number of ether oxygens (including phenoxy) is 2. The van der Waals surface area contributed by atoms with E-state index in [1.54, 1.807) is 13.2 Å². The van der Waals surface area contributed by atoms with Crippen LogP contribution in [0.2, 0.25) is 0 Å². The van der Waals surface area contributed by atoms with Crippen molar-refractivity contribution in [3.8, 4) is 5.75 Å². The Hall–Kier alpha value is -1.39. The molecule has 0 aliphatic carbocycles. The van der Waals surface area contributed by atoms with Crippen molar-refractivity contribution in [3.05, 3.63) is 29.3 Å². The molecule has 4 nitrogen and oxygen atoms in total. The van der Waals surface area contributed by atoms with E-state index in [1.165, 1.54) is 0 Å². The van der Waals surface area contributed by atoms with Gasteiger partial charge in [0, 0.05) is 37.4 Å². The van der Waals surface area contributed by atoms with Gasteiger partial charge in [0.05, 0.1) is 13.7 Å². The predicted molar refractivity (Wildman–Crippen MR) is 69.1 cm³/mol. The van der Waals surface area contributed by atoms with Gasteiger partial charge >= 0.3 is 0 Å². The first kappa shape index (κ1) is 13.1. The van der Waals surface area contributed by atoms with Crippen molar-refractivity contribution < 1.29 is 14.3 Å². The summed E-state index contributed by atoms with van der Waals surface area (Å²) in [6.07, 6.45) is 1.92. The Morgan fingerprint density at radius 1 is 1.39 bits per heavy atom. The first-order valence-electron chi connectivity index (χ1n) is 6.25. The molecule has 1 fully saturated rings. The van der Waals surface area contributed by atoms with Crippen LogP contribution < -0.4 is 4.74 Å². The highest BCUT2D eigenvalue weighted by Crippen LogP contribution is 2.21. The van der Waals surface area contributed by atoms with Crippen molar-refractivity contribution in [2.24, 2.45) is 0 Å². The molecule has 1 aromatic carbocycles. The van der Waals surface area contributed by atoms with Crippen LogP contribution in [0.25, 0.3) is 0 Å². The normalized spacial score (nSPS) is 17.2. The Morgan fingerprint density at radius 2 is 2.28 bits per heavy atom. The largest absolute Gasteiger partial charge is 0.496 e. The fraction of sp³-hybridized carbons (Fsp3) is 0.500. The van der Waals surface area contributed by atoms with Gasteiger partial charge in [-0.25, -0.2) is 0 Å². The highest BCUT2D eigenvalue weighted by Gasteiger charge is 2.12. The lowest BCUT2D eigenvalue weighted by molar-refractivity contribution is 0.112. The number of nitrogens with zero attached hydrogens (tertiary/aromatic N) is 1. The molecule has 1 aliphatic rings. The van der Waals surface area contributed by atoms with Gasteiger partial charge in [0.2, 0.25) is 0 Å². The smallest absolute Gasteiger partial charge is 0.150 e. The monoisotopic (exact) mass is 249 g/mol. The van der Waals surface area contributed by atoms with Gasteiger partial charge in [0.25, 0.3) is 0 Å². The average Bonchev–Trinajstić information content (AvgIpc) is 2.67. The Morgan fingerprint density at radius 3 is 3.06 bits per heavy atom. The standard InChI is InChI=1S/C14H19NO3/c1-17-14-4-3-12(11-16)9-13(14)10-15-5-2-7-18-8-6-15/h3-4,9,11H,2,5-8,10H2,1H3. The Labute approximate surface area is 107 Å². The molecule has 0 unspecified atom stereocenters. The number of rotatable bonds is 4. The molecule has 98 valence electrons. The molecule has 1 saturated heterocycles. The van der Waals surface area contributed by atoms with E-state index in [0.717, 1.165) is 56.9 Å². The molecule has 0 aromatic heterocycles. The van der Waals surface area contributed by atoms with Gasteiger partial charge in [-0.1, -0.05) is 0 Å². The fourth-order valence-electron chi connectivity index (χ4n) is 2.19. The van der Waals surface area contributed by atoms with E-state index in [1.807, 2.05) is 12.1 Å². The number of methoxy groups -OCH3 is 1. The minimum Gasteiger partial charge on any atom is -0.496 e. The van der Waals surface area contributed by atoms with E-state index in [2.05, 4.69) is 4.90 Å². The lowest BCUT2D eigenvalue weighted by Gasteiger charge is -2.20. The molecule has 1 heterocycles. The molecule has 0 spiro atoms. The maximum atomic E-state index is 10.8. The van der Waals surface area contributed by atoms with Crippen molar-refractivity contribution in [1.82, 2.24) is 4.90 Å². The average molecular weight is 249 g/mol. The second-order valence-corrected chi connectivity index (χ2v) is 4.43. The minimum atomic E-state index is 0.692. The van der Waals surface area contributed by atoms with E-state index in [4.69, 9.17) is 9.47 Å². The van der Waals surface area contributed by atoms with Crippen molar-refractivity contribution in [1.29, 1.82) is 0 Å². The van der Waals surface area contributed by atoms with E-state index in [9.17, 15) is 4.79 Å². The van der Waals surface area contributed by atoms with Gasteiger partial charge in [-0.05, 0) is 24.6 Å². The van der Waals surface area contributed by atoms with Crippen molar-refractivity contribution in [3.63, 3.8) is 0 Å². The minimum absolute atomic E-state index is 0.692. The van der Waals surface area contributed by atoms with Crippen LogP contribution in [0, 0.1) is 0 Å². The lowest BCUT2D eigenvalue weighted by atomic mass is 10.1. The number of aldehydes is 1. The summed E-state index contributed by atoms with van der Waals surface area (Å²) in [6.45, 7) is 4.36. The molecule has 0 radical (unpaired) electrons. The highest BCUT2D eigenvalue weighted by atomic mass is 16.5. The number of hydrogen-bond donors (Lipinski definition) is 0. The maximum absolute atomic E-state index is 10.8. The zero-order valence-electron chi connectivity index (χ0n) is 10.7. The summed E-state index contributed by atoms with van der Waals surface area (Å²) in [7, 11) is 1.66. The molecule has 0 atom stereocenters. The van der Waals surface area contributed by atoms with Gasteiger partial charge in [-0.2, -0.15) is 0 Å².